The minimum Gasteiger partial charge on any atom is -0.353 e. The molecular formula is C21H24N6OS. The van der Waals surface area contributed by atoms with Gasteiger partial charge in [0.25, 0.3) is 0 Å². The van der Waals surface area contributed by atoms with Crippen molar-refractivity contribution in [3.63, 3.8) is 0 Å². The smallest absolute Gasteiger partial charge is 0.223 e. The summed E-state index contributed by atoms with van der Waals surface area (Å²) in [6, 6.07) is 9.73. The molecule has 150 valence electrons. The molecule has 0 aliphatic carbocycles. The first-order valence-electron chi connectivity index (χ1n) is 9.75. The topological polar surface area (TPSA) is 74.2 Å². The van der Waals surface area contributed by atoms with E-state index in [1.54, 1.807) is 23.9 Å². The molecule has 1 aliphatic heterocycles. The Kier molecular flexibility index (Phi) is 6.00. The van der Waals surface area contributed by atoms with E-state index in [0.29, 0.717) is 12.2 Å². The summed E-state index contributed by atoms with van der Waals surface area (Å²) in [6.07, 6.45) is 4.70. The number of amides is 1. The van der Waals surface area contributed by atoms with Crippen molar-refractivity contribution in [2.24, 2.45) is 0 Å². The number of anilines is 3. The van der Waals surface area contributed by atoms with Gasteiger partial charge >= 0.3 is 0 Å². The van der Waals surface area contributed by atoms with Gasteiger partial charge in [0, 0.05) is 49.7 Å². The summed E-state index contributed by atoms with van der Waals surface area (Å²) in [5.41, 5.74) is 1.28. The van der Waals surface area contributed by atoms with Gasteiger partial charge in [0.15, 0.2) is 0 Å². The molecule has 4 heterocycles. The summed E-state index contributed by atoms with van der Waals surface area (Å²) in [6.45, 7) is 5.08. The Labute approximate surface area is 174 Å². The summed E-state index contributed by atoms with van der Waals surface area (Å²) >= 11 is 1.73. The van der Waals surface area contributed by atoms with Gasteiger partial charge in [0.2, 0.25) is 5.91 Å². The van der Waals surface area contributed by atoms with Crippen LogP contribution < -0.4 is 10.2 Å². The summed E-state index contributed by atoms with van der Waals surface area (Å²) in [5.74, 6) is 2.55. The van der Waals surface area contributed by atoms with Crippen molar-refractivity contribution in [1.82, 2.24) is 19.9 Å². The number of aromatic nitrogens is 3. The van der Waals surface area contributed by atoms with Crippen molar-refractivity contribution in [3.8, 4) is 0 Å². The molecule has 0 aromatic carbocycles. The molecule has 0 saturated carbocycles. The average Bonchev–Trinajstić information content (AvgIpc) is 3.18. The van der Waals surface area contributed by atoms with Gasteiger partial charge in [-0.2, -0.15) is 0 Å². The van der Waals surface area contributed by atoms with E-state index >= 15 is 0 Å². The molecule has 0 spiro atoms. The normalized spacial score (nSPS) is 14.1. The molecule has 3 aromatic heterocycles. The van der Waals surface area contributed by atoms with Gasteiger partial charge in [-0.15, -0.1) is 11.3 Å². The van der Waals surface area contributed by atoms with Gasteiger partial charge < -0.3 is 15.1 Å². The molecule has 1 fully saturated rings. The SMILES string of the molecule is Cc1ccsc1CCC(=O)N1CCN(c2cc(Nc3ccccn3)ncn2)CC1. The van der Waals surface area contributed by atoms with Crippen LogP contribution in [0.5, 0.6) is 0 Å². The van der Waals surface area contributed by atoms with Crippen LogP contribution in [0.4, 0.5) is 17.5 Å². The van der Waals surface area contributed by atoms with Gasteiger partial charge in [-0.3, -0.25) is 4.79 Å². The lowest BCUT2D eigenvalue weighted by atomic mass is 10.2. The van der Waals surface area contributed by atoms with Crippen LogP contribution in [0, 0.1) is 6.92 Å². The molecule has 1 N–H and O–H groups in total. The third-order valence-electron chi connectivity index (χ3n) is 5.06. The first kappa shape index (κ1) is 19.3. The van der Waals surface area contributed by atoms with Gasteiger partial charge in [-0.1, -0.05) is 6.07 Å². The van der Waals surface area contributed by atoms with Crippen LogP contribution >= 0.6 is 11.3 Å². The molecule has 7 nitrogen and oxygen atoms in total. The van der Waals surface area contributed by atoms with Crippen molar-refractivity contribution < 1.29 is 4.79 Å². The Bertz CT molecular complexity index is 953. The number of pyridine rings is 1. The highest BCUT2D eigenvalue weighted by Gasteiger charge is 2.22. The maximum absolute atomic E-state index is 12.6. The van der Waals surface area contributed by atoms with Crippen LogP contribution in [0.3, 0.4) is 0 Å². The lowest BCUT2D eigenvalue weighted by molar-refractivity contribution is -0.131. The number of aryl methyl sites for hydroxylation is 2. The molecule has 0 bridgehead atoms. The molecule has 0 unspecified atom stereocenters. The highest BCUT2D eigenvalue weighted by molar-refractivity contribution is 7.10. The van der Waals surface area contributed by atoms with E-state index in [0.717, 1.165) is 44.2 Å². The van der Waals surface area contributed by atoms with E-state index < -0.39 is 0 Å². The second kappa shape index (κ2) is 9.00. The van der Waals surface area contributed by atoms with Crippen molar-refractivity contribution in [3.05, 3.63) is 58.7 Å². The largest absolute Gasteiger partial charge is 0.353 e. The molecule has 8 heteroatoms. The van der Waals surface area contributed by atoms with E-state index in [2.05, 4.69) is 43.5 Å². The van der Waals surface area contributed by atoms with Gasteiger partial charge in [-0.05, 0) is 42.5 Å². The average molecular weight is 409 g/mol. The van der Waals surface area contributed by atoms with Gasteiger partial charge in [0.05, 0.1) is 0 Å². The third-order valence-corrected chi connectivity index (χ3v) is 6.15. The standard InChI is InChI=1S/C21H24N6OS/c1-16-7-13-29-17(16)5-6-21(28)27-11-9-26(10-12-27)20-14-19(23-15-24-20)25-18-4-2-3-8-22-18/h2-4,7-8,13-15H,5-6,9-12H2,1H3,(H,22,23,24,25). The Hall–Kier alpha value is -3.00. The maximum Gasteiger partial charge on any atom is 0.223 e. The number of carbonyl (C=O) groups is 1. The van der Waals surface area contributed by atoms with Crippen molar-refractivity contribution in [2.75, 3.05) is 36.4 Å². The van der Waals surface area contributed by atoms with Crippen LogP contribution in [-0.2, 0) is 11.2 Å². The van der Waals surface area contributed by atoms with Crippen molar-refractivity contribution >= 4 is 34.7 Å². The van der Waals surface area contributed by atoms with Crippen LogP contribution in [0.15, 0.2) is 48.2 Å². The third kappa shape index (κ3) is 4.89. The Morgan fingerprint density at radius 2 is 1.97 bits per heavy atom. The fourth-order valence-electron chi connectivity index (χ4n) is 3.38. The number of hydrogen-bond donors (Lipinski definition) is 1. The fourth-order valence-corrected chi connectivity index (χ4v) is 4.29. The van der Waals surface area contributed by atoms with E-state index in [9.17, 15) is 4.79 Å². The number of piperazine rings is 1. The summed E-state index contributed by atoms with van der Waals surface area (Å²) in [7, 11) is 0. The molecular weight excluding hydrogens is 384 g/mol. The zero-order chi connectivity index (χ0) is 20.1. The van der Waals surface area contributed by atoms with E-state index in [4.69, 9.17) is 0 Å². The molecule has 3 aromatic rings. The number of carbonyl (C=O) groups excluding carboxylic acids is 1. The number of hydrogen-bond acceptors (Lipinski definition) is 7. The highest BCUT2D eigenvalue weighted by Crippen LogP contribution is 2.20. The molecule has 1 aliphatic rings. The fraction of sp³-hybridized carbons (Fsp3) is 0.333. The Balaban J connectivity index is 1.30. The van der Waals surface area contributed by atoms with Crippen LogP contribution in [0.2, 0.25) is 0 Å². The van der Waals surface area contributed by atoms with Crippen LogP contribution in [0.1, 0.15) is 16.9 Å². The van der Waals surface area contributed by atoms with E-state index in [1.165, 1.54) is 10.4 Å². The van der Waals surface area contributed by atoms with Crippen molar-refractivity contribution in [2.45, 2.75) is 19.8 Å². The number of nitrogens with one attached hydrogen (secondary N) is 1. The lowest BCUT2D eigenvalue weighted by Crippen LogP contribution is -2.49. The van der Waals surface area contributed by atoms with Crippen molar-refractivity contribution in [1.29, 1.82) is 0 Å². The zero-order valence-electron chi connectivity index (χ0n) is 16.4. The molecule has 0 radical (unpaired) electrons. The van der Waals surface area contributed by atoms with Gasteiger partial charge in [0.1, 0.15) is 23.8 Å². The molecule has 0 atom stereocenters. The van der Waals surface area contributed by atoms with Crippen LogP contribution in [-0.4, -0.2) is 51.9 Å². The summed E-state index contributed by atoms with van der Waals surface area (Å²) in [5, 5.41) is 5.28. The van der Waals surface area contributed by atoms with E-state index in [-0.39, 0.29) is 5.91 Å². The maximum atomic E-state index is 12.6. The number of rotatable bonds is 6. The minimum atomic E-state index is 0.234. The zero-order valence-corrected chi connectivity index (χ0v) is 17.2. The second-order valence-electron chi connectivity index (χ2n) is 7.00. The summed E-state index contributed by atoms with van der Waals surface area (Å²) < 4.78 is 0. The quantitative estimate of drug-likeness (QED) is 0.675. The number of thiophene rings is 1. The first-order valence-corrected chi connectivity index (χ1v) is 10.6. The second-order valence-corrected chi connectivity index (χ2v) is 8.00. The van der Waals surface area contributed by atoms with E-state index in [1.807, 2.05) is 29.2 Å². The first-order chi connectivity index (χ1) is 14.2. The predicted molar refractivity (Wildman–Crippen MR) is 116 cm³/mol. The van der Waals surface area contributed by atoms with Gasteiger partial charge in [-0.25, -0.2) is 15.0 Å². The molecule has 1 amide bonds. The van der Waals surface area contributed by atoms with Crippen LogP contribution in [0.25, 0.3) is 0 Å². The Morgan fingerprint density at radius 1 is 1.10 bits per heavy atom. The Morgan fingerprint density at radius 3 is 2.69 bits per heavy atom. The monoisotopic (exact) mass is 408 g/mol. The molecule has 29 heavy (non-hydrogen) atoms. The predicted octanol–water partition coefficient (Wildman–Crippen LogP) is 3.27. The highest BCUT2D eigenvalue weighted by atomic mass is 32.1. The summed E-state index contributed by atoms with van der Waals surface area (Å²) in [4.78, 5) is 31.0. The lowest BCUT2D eigenvalue weighted by Gasteiger charge is -2.35. The molecule has 4 rings (SSSR count). The molecule has 1 saturated heterocycles. The minimum absolute atomic E-state index is 0.234. The number of nitrogens with zero attached hydrogens (tertiary/aromatic N) is 5.